The number of rotatable bonds is 3. The van der Waals surface area contributed by atoms with Gasteiger partial charge in [0.1, 0.15) is 5.69 Å². The van der Waals surface area contributed by atoms with E-state index in [2.05, 4.69) is 4.98 Å². The van der Waals surface area contributed by atoms with E-state index in [1.54, 1.807) is 4.90 Å². The van der Waals surface area contributed by atoms with Crippen molar-refractivity contribution in [1.29, 1.82) is 0 Å². The van der Waals surface area contributed by atoms with Gasteiger partial charge in [0.2, 0.25) is 0 Å². The molecule has 1 N–H and O–H groups in total. The fraction of sp³-hybridized carbons (Fsp3) is 0.462. The third kappa shape index (κ3) is 2.90. The Bertz CT molecular complexity index is 472. The van der Waals surface area contributed by atoms with Crippen LogP contribution in [-0.2, 0) is 4.74 Å². The molecule has 0 saturated carbocycles. The molecule has 1 amide bonds. The van der Waals surface area contributed by atoms with Gasteiger partial charge in [-0.25, -0.2) is 4.79 Å². The summed E-state index contributed by atoms with van der Waals surface area (Å²) in [5, 5.41) is 8.79. The summed E-state index contributed by atoms with van der Waals surface area (Å²) in [5.74, 6) is -1.23. The zero-order chi connectivity index (χ0) is 13.8. The van der Waals surface area contributed by atoms with Crippen LogP contribution < -0.4 is 0 Å². The molecule has 1 aromatic rings. The van der Waals surface area contributed by atoms with Crippen LogP contribution in [-0.4, -0.2) is 52.7 Å². The molecule has 1 aromatic heterocycles. The van der Waals surface area contributed by atoms with E-state index in [0.717, 1.165) is 6.42 Å². The molecule has 1 aliphatic heterocycles. The van der Waals surface area contributed by atoms with Crippen LogP contribution >= 0.6 is 0 Å². The summed E-state index contributed by atoms with van der Waals surface area (Å²) in [6.45, 7) is 3.60. The lowest BCUT2D eigenvalue weighted by molar-refractivity contribution is -0.00311. The molecule has 1 atom stereocenters. The van der Waals surface area contributed by atoms with E-state index in [9.17, 15) is 9.59 Å². The lowest BCUT2D eigenvalue weighted by atomic mass is 10.1. The maximum Gasteiger partial charge on any atom is 0.337 e. The van der Waals surface area contributed by atoms with Crippen molar-refractivity contribution in [2.45, 2.75) is 19.4 Å². The highest BCUT2D eigenvalue weighted by Crippen LogP contribution is 2.14. The maximum atomic E-state index is 12.3. The lowest BCUT2D eigenvalue weighted by Gasteiger charge is -2.34. The molecule has 1 unspecified atom stereocenters. The Balaban J connectivity index is 2.16. The number of ether oxygens (including phenoxy) is 1. The predicted octanol–water partition coefficient (Wildman–Crippen LogP) is 1.03. The topological polar surface area (TPSA) is 79.7 Å². The largest absolute Gasteiger partial charge is 0.478 e. The van der Waals surface area contributed by atoms with Gasteiger partial charge in [0.25, 0.3) is 5.91 Å². The number of hydrogen-bond acceptors (Lipinski definition) is 4. The number of carboxylic acids is 1. The van der Waals surface area contributed by atoms with Crippen molar-refractivity contribution in [1.82, 2.24) is 9.88 Å². The van der Waals surface area contributed by atoms with Crippen LogP contribution in [0.25, 0.3) is 0 Å². The normalized spacial score (nSPS) is 19.2. The van der Waals surface area contributed by atoms with E-state index in [4.69, 9.17) is 9.84 Å². The summed E-state index contributed by atoms with van der Waals surface area (Å²) >= 11 is 0. The van der Waals surface area contributed by atoms with Crippen molar-refractivity contribution in [3.8, 4) is 0 Å². The first-order chi connectivity index (χ1) is 9.13. The molecule has 0 aliphatic carbocycles. The summed E-state index contributed by atoms with van der Waals surface area (Å²) in [7, 11) is 0. The van der Waals surface area contributed by atoms with E-state index in [-0.39, 0.29) is 23.2 Å². The highest BCUT2D eigenvalue weighted by Gasteiger charge is 2.27. The minimum atomic E-state index is -1.05. The van der Waals surface area contributed by atoms with Crippen LogP contribution in [0.3, 0.4) is 0 Å². The summed E-state index contributed by atoms with van der Waals surface area (Å²) in [6, 6.07) is 2.90. The minimum Gasteiger partial charge on any atom is -0.478 e. The average Bonchev–Trinajstić information content (AvgIpc) is 2.46. The molecular formula is C13H16N2O4. The van der Waals surface area contributed by atoms with Crippen molar-refractivity contribution in [2.24, 2.45) is 0 Å². The number of carbonyl (C=O) groups is 2. The van der Waals surface area contributed by atoms with E-state index in [1.165, 1.54) is 18.3 Å². The molecule has 0 bridgehead atoms. The van der Waals surface area contributed by atoms with Crippen LogP contribution in [0.1, 0.15) is 34.2 Å². The summed E-state index contributed by atoms with van der Waals surface area (Å²) < 4.78 is 5.35. The van der Waals surface area contributed by atoms with Crippen LogP contribution in [0.15, 0.2) is 18.3 Å². The Morgan fingerprint density at radius 1 is 1.53 bits per heavy atom. The number of pyridine rings is 1. The van der Waals surface area contributed by atoms with Crippen LogP contribution in [0, 0.1) is 0 Å². The van der Waals surface area contributed by atoms with E-state index in [0.29, 0.717) is 19.8 Å². The second-order valence-corrected chi connectivity index (χ2v) is 4.37. The summed E-state index contributed by atoms with van der Waals surface area (Å²) in [5.41, 5.74) is 0.343. The fourth-order valence-corrected chi connectivity index (χ4v) is 2.05. The molecular weight excluding hydrogens is 248 g/mol. The highest BCUT2D eigenvalue weighted by atomic mass is 16.5. The fourth-order valence-electron chi connectivity index (χ4n) is 2.05. The van der Waals surface area contributed by atoms with Gasteiger partial charge in [-0.2, -0.15) is 0 Å². The molecule has 1 saturated heterocycles. The van der Waals surface area contributed by atoms with Crippen molar-refractivity contribution in [3.05, 3.63) is 29.6 Å². The zero-order valence-electron chi connectivity index (χ0n) is 10.7. The summed E-state index contributed by atoms with van der Waals surface area (Å²) in [6.07, 6.45) is 2.02. The quantitative estimate of drug-likeness (QED) is 0.882. The van der Waals surface area contributed by atoms with Gasteiger partial charge in [-0.3, -0.25) is 9.78 Å². The molecule has 102 valence electrons. The zero-order valence-corrected chi connectivity index (χ0v) is 10.7. The van der Waals surface area contributed by atoms with Gasteiger partial charge in [0.15, 0.2) is 0 Å². The highest BCUT2D eigenvalue weighted by molar-refractivity contribution is 5.94. The number of carboxylic acid groups (broad SMARTS) is 1. The SMILES string of the molecule is CCC1COCCN1C(=O)c1ccc(C(=O)O)cn1. The molecule has 1 fully saturated rings. The average molecular weight is 264 g/mol. The number of hydrogen-bond donors (Lipinski definition) is 1. The standard InChI is InChI=1S/C13H16N2O4/c1-2-10-8-19-6-5-15(10)12(16)11-4-3-9(7-14-11)13(17)18/h3-4,7,10H,2,5-6,8H2,1H3,(H,17,18). The van der Waals surface area contributed by atoms with E-state index < -0.39 is 5.97 Å². The van der Waals surface area contributed by atoms with Crippen molar-refractivity contribution in [3.63, 3.8) is 0 Å². The number of carbonyl (C=O) groups excluding carboxylic acids is 1. The van der Waals surface area contributed by atoms with E-state index >= 15 is 0 Å². The third-order valence-corrected chi connectivity index (χ3v) is 3.19. The Kier molecular flexibility index (Phi) is 4.11. The molecule has 0 radical (unpaired) electrons. The predicted molar refractivity (Wildman–Crippen MR) is 67.1 cm³/mol. The monoisotopic (exact) mass is 264 g/mol. The Morgan fingerprint density at radius 2 is 2.32 bits per heavy atom. The van der Waals surface area contributed by atoms with Gasteiger partial charge in [-0.1, -0.05) is 6.92 Å². The van der Waals surface area contributed by atoms with Gasteiger partial charge in [-0.15, -0.1) is 0 Å². The first kappa shape index (κ1) is 13.5. The van der Waals surface area contributed by atoms with Crippen LogP contribution in [0.4, 0.5) is 0 Å². The van der Waals surface area contributed by atoms with Crippen LogP contribution in [0.5, 0.6) is 0 Å². The molecule has 6 nitrogen and oxygen atoms in total. The van der Waals surface area contributed by atoms with Gasteiger partial charge in [-0.05, 0) is 18.6 Å². The molecule has 6 heteroatoms. The second kappa shape index (κ2) is 5.79. The number of morpholine rings is 1. The molecule has 0 spiro atoms. The molecule has 0 aromatic carbocycles. The molecule has 19 heavy (non-hydrogen) atoms. The van der Waals surface area contributed by atoms with Crippen molar-refractivity contribution in [2.75, 3.05) is 19.8 Å². The molecule has 2 heterocycles. The number of nitrogens with zero attached hydrogens (tertiary/aromatic N) is 2. The van der Waals surface area contributed by atoms with Crippen molar-refractivity contribution < 1.29 is 19.4 Å². The van der Waals surface area contributed by atoms with Gasteiger partial charge < -0.3 is 14.7 Å². The molecule has 1 aliphatic rings. The Morgan fingerprint density at radius 3 is 2.89 bits per heavy atom. The maximum absolute atomic E-state index is 12.3. The lowest BCUT2D eigenvalue weighted by Crippen LogP contribution is -2.48. The first-order valence-corrected chi connectivity index (χ1v) is 6.21. The number of aromatic carboxylic acids is 1. The number of amides is 1. The second-order valence-electron chi connectivity index (χ2n) is 4.37. The van der Waals surface area contributed by atoms with Crippen LogP contribution in [0.2, 0.25) is 0 Å². The smallest absolute Gasteiger partial charge is 0.337 e. The first-order valence-electron chi connectivity index (χ1n) is 6.21. The number of aromatic nitrogens is 1. The van der Waals surface area contributed by atoms with Gasteiger partial charge >= 0.3 is 5.97 Å². The van der Waals surface area contributed by atoms with E-state index in [1.807, 2.05) is 6.92 Å². The van der Waals surface area contributed by atoms with Crippen molar-refractivity contribution >= 4 is 11.9 Å². The molecule has 2 rings (SSSR count). The van der Waals surface area contributed by atoms with Gasteiger partial charge in [0.05, 0.1) is 24.8 Å². The Hall–Kier alpha value is -1.95. The summed E-state index contributed by atoms with van der Waals surface area (Å²) in [4.78, 5) is 28.7. The Labute approximate surface area is 111 Å². The third-order valence-electron chi connectivity index (χ3n) is 3.19. The minimum absolute atomic E-state index is 0.0576. The van der Waals surface area contributed by atoms with Gasteiger partial charge in [0, 0.05) is 12.7 Å².